The largest absolute Gasteiger partial charge is 0.472 e. The van der Waals surface area contributed by atoms with Gasteiger partial charge >= 0.3 is 19.8 Å². The molecule has 3 N–H and O–H groups in total. The van der Waals surface area contributed by atoms with Gasteiger partial charge in [-0.2, -0.15) is 0 Å². The summed E-state index contributed by atoms with van der Waals surface area (Å²) in [5.74, 6) is -1.04. The number of rotatable bonds is 35. The third kappa shape index (κ3) is 37.3. The van der Waals surface area contributed by atoms with E-state index in [1.165, 1.54) is 12.8 Å². The van der Waals surface area contributed by atoms with E-state index >= 15 is 0 Å². The number of phosphoric ester groups is 1. The standard InChI is InChI=1S/C42H69O10P/c1-3-5-7-9-11-13-15-17-18-19-20-22-23-25-27-29-31-33-41(45)49-37-40(38-51-53(47,48)50-36-39(44)35-43)52-42(46)34-32-30-28-26-24-21-16-14-12-10-8-6-4-2/h5-8,11-14,17-18,21,24,28,30,39-40,43-44H,3-4,9-10,15-16,19-20,22-23,25-27,29,31-38H2,1-2H3,(H,47,48)/b7-5-,8-6-,13-11-,14-12-,18-17-,24-21-,30-28-. The molecule has 0 aliphatic heterocycles. The number of esters is 2. The summed E-state index contributed by atoms with van der Waals surface area (Å²) in [4.78, 5) is 34.8. The summed E-state index contributed by atoms with van der Waals surface area (Å²) in [6.07, 6.45) is 42.9. The number of hydrogen-bond donors (Lipinski definition) is 3. The van der Waals surface area contributed by atoms with E-state index in [2.05, 4.69) is 85.2 Å². The van der Waals surface area contributed by atoms with E-state index < -0.39 is 51.8 Å². The van der Waals surface area contributed by atoms with Gasteiger partial charge in [0.15, 0.2) is 6.10 Å². The Morgan fingerprint density at radius 3 is 1.55 bits per heavy atom. The van der Waals surface area contributed by atoms with Crippen LogP contribution < -0.4 is 0 Å². The van der Waals surface area contributed by atoms with Crippen LogP contribution in [-0.4, -0.2) is 65.7 Å². The number of carbonyl (C=O) groups is 2. The Hall–Kier alpha value is -2.85. The van der Waals surface area contributed by atoms with E-state index in [0.29, 0.717) is 12.8 Å². The highest BCUT2D eigenvalue weighted by atomic mass is 31.2. The van der Waals surface area contributed by atoms with Crippen molar-refractivity contribution in [1.82, 2.24) is 0 Å². The van der Waals surface area contributed by atoms with Crippen molar-refractivity contribution in [1.29, 1.82) is 0 Å². The predicted octanol–water partition coefficient (Wildman–Crippen LogP) is 9.88. The van der Waals surface area contributed by atoms with Gasteiger partial charge in [-0.3, -0.25) is 18.6 Å². The molecule has 0 saturated heterocycles. The second-order valence-corrected chi connectivity index (χ2v) is 14.0. The van der Waals surface area contributed by atoms with Crippen molar-refractivity contribution in [3.8, 4) is 0 Å². The van der Waals surface area contributed by atoms with Crippen LogP contribution in [0.4, 0.5) is 0 Å². The minimum absolute atomic E-state index is 0.0559. The molecule has 10 nitrogen and oxygen atoms in total. The van der Waals surface area contributed by atoms with Crippen LogP contribution in [0.1, 0.15) is 129 Å². The SMILES string of the molecule is CC/C=C\C/C=C\C/C=C\C/C=C\CCC(=O)OC(COC(=O)CCCCCCCCC/C=C\C/C=C\C/C=C\CC)COP(=O)(O)OCC(O)CO. The van der Waals surface area contributed by atoms with Crippen molar-refractivity contribution in [2.75, 3.05) is 26.4 Å². The summed E-state index contributed by atoms with van der Waals surface area (Å²) < 4.78 is 32.5. The molecule has 0 aliphatic rings. The van der Waals surface area contributed by atoms with Crippen molar-refractivity contribution in [2.24, 2.45) is 0 Å². The lowest BCUT2D eigenvalue weighted by atomic mass is 10.1. The molecule has 0 aromatic carbocycles. The molecule has 0 rings (SSSR count). The van der Waals surface area contributed by atoms with Crippen LogP contribution in [0.25, 0.3) is 0 Å². The monoisotopic (exact) mass is 764 g/mol. The zero-order chi connectivity index (χ0) is 39.1. The highest BCUT2D eigenvalue weighted by Gasteiger charge is 2.27. The molecule has 0 amide bonds. The molecule has 3 atom stereocenters. The fraction of sp³-hybridized carbons (Fsp3) is 0.619. The normalized spacial score (nSPS) is 14.9. The molecule has 0 aromatic rings. The van der Waals surface area contributed by atoms with E-state index in [4.69, 9.17) is 19.1 Å². The maximum atomic E-state index is 12.5. The minimum atomic E-state index is -4.64. The molecule has 0 radical (unpaired) electrons. The van der Waals surface area contributed by atoms with E-state index in [1.54, 1.807) is 0 Å². The van der Waals surface area contributed by atoms with Crippen LogP contribution >= 0.6 is 7.82 Å². The van der Waals surface area contributed by atoms with E-state index in [9.17, 15) is 24.2 Å². The van der Waals surface area contributed by atoms with Gasteiger partial charge in [0.05, 0.1) is 19.8 Å². The topological polar surface area (TPSA) is 149 Å². The van der Waals surface area contributed by atoms with Crippen molar-refractivity contribution in [3.63, 3.8) is 0 Å². The number of carbonyl (C=O) groups excluding carboxylic acids is 2. The maximum absolute atomic E-state index is 12.5. The van der Waals surface area contributed by atoms with Crippen LogP contribution in [0.5, 0.6) is 0 Å². The molecule has 11 heteroatoms. The number of phosphoric acid groups is 1. The summed E-state index contributed by atoms with van der Waals surface area (Å²) in [7, 11) is -4.64. The maximum Gasteiger partial charge on any atom is 0.472 e. The lowest BCUT2D eigenvalue weighted by molar-refractivity contribution is -0.161. The van der Waals surface area contributed by atoms with Gasteiger partial charge in [0.25, 0.3) is 0 Å². The molecule has 0 saturated carbocycles. The minimum Gasteiger partial charge on any atom is -0.462 e. The van der Waals surface area contributed by atoms with E-state index in [0.717, 1.165) is 77.0 Å². The summed E-state index contributed by atoms with van der Waals surface area (Å²) in [5, 5.41) is 18.3. The summed E-state index contributed by atoms with van der Waals surface area (Å²) >= 11 is 0. The smallest absolute Gasteiger partial charge is 0.462 e. The lowest BCUT2D eigenvalue weighted by Crippen LogP contribution is -2.29. The van der Waals surface area contributed by atoms with Crippen molar-refractivity contribution in [2.45, 2.75) is 142 Å². The quantitative estimate of drug-likeness (QED) is 0.0246. The summed E-state index contributed by atoms with van der Waals surface area (Å²) in [5.41, 5.74) is 0. The zero-order valence-electron chi connectivity index (χ0n) is 32.4. The van der Waals surface area contributed by atoms with Crippen molar-refractivity contribution >= 4 is 19.8 Å². The third-order valence-corrected chi connectivity index (χ3v) is 8.51. The Labute approximate surface area is 320 Å². The van der Waals surface area contributed by atoms with Crippen molar-refractivity contribution in [3.05, 3.63) is 85.1 Å². The molecule has 0 bridgehead atoms. The van der Waals surface area contributed by atoms with Crippen LogP contribution in [0.15, 0.2) is 85.1 Å². The van der Waals surface area contributed by atoms with Gasteiger partial charge in [0, 0.05) is 12.8 Å². The van der Waals surface area contributed by atoms with Crippen LogP contribution in [0.2, 0.25) is 0 Å². The van der Waals surface area contributed by atoms with Gasteiger partial charge in [0.2, 0.25) is 0 Å². The Morgan fingerprint density at radius 2 is 1.02 bits per heavy atom. The molecule has 0 spiro atoms. The molecule has 0 aromatic heterocycles. The highest BCUT2D eigenvalue weighted by molar-refractivity contribution is 7.47. The fourth-order valence-electron chi connectivity index (χ4n) is 4.61. The first-order valence-corrected chi connectivity index (χ1v) is 21.0. The number of allylic oxidation sites excluding steroid dienone is 14. The second-order valence-electron chi connectivity index (χ2n) is 12.5. The third-order valence-electron chi connectivity index (χ3n) is 7.56. The Bertz CT molecular complexity index is 1150. The van der Waals surface area contributed by atoms with E-state index in [1.807, 2.05) is 18.2 Å². The molecule has 0 heterocycles. The average Bonchev–Trinajstić information content (AvgIpc) is 3.14. The fourth-order valence-corrected chi connectivity index (χ4v) is 5.40. The first-order chi connectivity index (χ1) is 25.7. The van der Waals surface area contributed by atoms with Crippen LogP contribution in [-0.2, 0) is 32.7 Å². The summed E-state index contributed by atoms with van der Waals surface area (Å²) in [6.45, 7) is 2.02. The molecule has 302 valence electrons. The Balaban J connectivity index is 4.45. The Morgan fingerprint density at radius 1 is 0.566 bits per heavy atom. The number of ether oxygens (including phenoxy) is 2. The first kappa shape index (κ1) is 50.1. The number of aliphatic hydroxyl groups excluding tert-OH is 2. The average molecular weight is 765 g/mol. The molecular formula is C42H69O10P. The molecular weight excluding hydrogens is 695 g/mol. The van der Waals surface area contributed by atoms with Gasteiger partial charge in [-0.05, 0) is 70.6 Å². The van der Waals surface area contributed by atoms with Gasteiger partial charge < -0.3 is 24.6 Å². The molecule has 3 unspecified atom stereocenters. The van der Waals surface area contributed by atoms with Crippen LogP contribution in [0.3, 0.4) is 0 Å². The first-order valence-electron chi connectivity index (χ1n) is 19.5. The predicted molar refractivity (Wildman–Crippen MR) is 214 cm³/mol. The number of aliphatic hydroxyl groups is 2. The van der Waals surface area contributed by atoms with Gasteiger partial charge in [0.1, 0.15) is 12.7 Å². The molecule has 0 aliphatic carbocycles. The highest BCUT2D eigenvalue weighted by Crippen LogP contribution is 2.43. The lowest BCUT2D eigenvalue weighted by Gasteiger charge is -2.20. The van der Waals surface area contributed by atoms with Gasteiger partial charge in [-0.1, -0.05) is 131 Å². The second kappa shape index (κ2) is 37.5. The van der Waals surface area contributed by atoms with Gasteiger partial charge in [-0.15, -0.1) is 0 Å². The number of hydrogen-bond acceptors (Lipinski definition) is 9. The molecule has 0 fully saturated rings. The Kier molecular flexibility index (Phi) is 35.5. The number of unbranched alkanes of at least 4 members (excludes halogenated alkanes) is 7. The molecule has 53 heavy (non-hydrogen) atoms. The van der Waals surface area contributed by atoms with Crippen molar-refractivity contribution < 1.29 is 47.8 Å². The van der Waals surface area contributed by atoms with E-state index in [-0.39, 0.29) is 19.4 Å². The van der Waals surface area contributed by atoms with Crippen LogP contribution in [0, 0.1) is 0 Å². The summed E-state index contributed by atoms with van der Waals surface area (Å²) in [6, 6.07) is 0. The zero-order valence-corrected chi connectivity index (χ0v) is 33.3. The van der Waals surface area contributed by atoms with Gasteiger partial charge in [-0.25, -0.2) is 4.57 Å².